The first kappa shape index (κ1) is 47.3. The highest BCUT2D eigenvalue weighted by atomic mass is 16.3. The molecular formula is C74H60N2O2. The van der Waals surface area contributed by atoms with Gasteiger partial charge >= 0.3 is 0 Å². The van der Waals surface area contributed by atoms with E-state index in [4.69, 9.17) is 8.83 Å². The molecule has 0 unspecified atom stereocenters. The molecule has 378 valence electrons. The van der Waals surface area contributed by atoms with E-state index in [0.717, 1.165) is 102 Å². The van der Waals surface area contributed by atoms with Crippen LogP contribution in [0.4, 0.5) is 34.1 Å². The summed E-state index contributed by atoms with van der Waals surface area (Å²) in [4.78, 5) is 4.85. The molecule has 0 aliphatic carbocycles. The van der Waals surface area contributed by atoms with Gasteiger partial charge < -0.3 is 18.6 Å². The van der Waals surface area contributed by atoms with Gasteiger partial charge in [0.25, 0.3) is 0 Å². The zero-order valence-corrected chi connectivity index (χ0v) is 45.1. The van der Waals surface area contributed by atoms with Gasteiger partial charge in [-0.1, -0.05) is 224 Å². The zero-order valence-electron chi connectivity index (χ0n) is 45.1. The summed E-state index contributed by atoms with van der Waals surface area (Å²) in [5, 5.41) is 11.6. The summed E-state index contributed by atoms with van der Waals surface area (Å²) in [5.74, 6) is 0. The molecule has 0 amide bonds. The lowest BCUT2D eigenvalue weighted by molar-refractivity contribution is 0.500. The number of fused-ring (bicyclic) bond motifs is 6. The molecule has 0 fully saturated rings. The SMILES string of the molecule is CCC(C)(C)c1cccc2c1oc1c(N(c3ccc(-c4ccccc4)cc3)c3ccc4ccc5c(N(c6ccc(-c7ccccc7)cc6)c6cccc7c6oc6c(C(C)(C)CC)cccc67)ccc6ccc3c4c65)cccc12. The Morgan fingerprint density at radius 3 is 1.03 bits per heavy atom. The first-order valence-electron chi connectivity index (χ1n) is 27.6. The molecular weight excluding hydrogens is 949 g/mol. The van der Waals surface area contributed by atoms with Crippen LogP contribution in [0.5, 0.6) is 0 Å². The number of para-hydroxylation sites is 4. The van der Waals surface area contributed by atoms with E-state index in [-0.39, 0.29) is 10.8 Å². The molecule has 0 saturated carbocycles. The minimum Gasteiger partial charge on any atom is -0.454 e. The maximum absolute atomic E-state index is 7.23. The van der Waals surface area contributed by atoms with Crippen LogP contribution in [0.1, 0.15) is 65.5 Å². The van der Waals surface area contributed by atoms with Crippen molar-refractivity contribution >= 4 is 110 Å². The second-order valence-electron chi connectivity index (χ2n) is 22.4. The Bertz CT molecular complexity index is 4270. The molecule has 0 N–H and O–H groups in total. The topological polar surface area (TPSA) is 32.8 Å². The Balaban J connectivity index is 1.01. The van der Waals surface area contributed by atoms with Crippen LogP contribution < -0.4 is 9.80 Å². The summed E-state index contributed by atoms with van der Waals surface area (Å²) >= 11 is 0. The number of rotatable bonds is 12. The highest BCUT2D eigenvalue weighted by Gasteiger charge is 2.29. The van der Waals surface area contributed by atoms with Gasteiger partial charge in [0.1, 0.15) is 11.2 Å². The van der Waals surface area contributed by atoms with Crippen molar-refractivity contribution in [3.05, 3.63) is 242 Å². The average molecular weight is 1010 g/mol. The molecule has 78 heavy (non-hydrogen) atoms. The Morgan fingerprint density at radius 1 is 0.295 bits per heavy atom. The minimum atomic E-state index is -0.0689. The molecule has 0 aliphatic rings. The van der Waals surface area contributed by atoms with Crippen LogP contribution in [0.15, 0.2) is 239 Å². The van der Waals surface area contributed by atoms with Crippen LogP contribution in [-0.4, -0.2) is 0 Å². The summed E-state index contributed by atoms with van der Waals surface area (Å²) in [5.41, 5.74) is 16.9. The maximum atomic E-state index is 7.23. The van der Waals surface area contributed by atoms with Crippen molar-refractivity contribution in [3.8, 4) is 22.3 Å². The number of furan rings is 2. The standard InChI is InChI=1S/C74H60N2O2/c1-7-73(3,4)61-27-15-23-55-57-25-17-29-65(71(57)77-69(55)61)75(53-39-31-49(32-40-53)47-19-11-9-12-20-47)63-45-37-51-36-44-60-64(46-38-52-35-43-59(63)67(51)68(52)60)76(54-41-33-50(34-42-54)48-21-13-10-14-22-48)66-30-18-26-58-56-24-16-28-62(74(5,6)8-2)70(56)78-72(58)66/h9-46H,7-8H2,1-6H3. The first-order valence-corrected chi connectivity index (χ1v) is 27.6. The van der Waals surface area contributed by atoms with Gasteiger partial charge in [-0.15, -0.1) is 0 Å². The van der Waals surface area contributed by atoms with E-state index in [1.54, 1.807) is 0 Å². The van der Waals surface area contributed by atoms with E-state index in [2.05, 4.69) is 282 Å². The van der Waals surface area contributed by atoms with Crippen LogP contribution in [0.3, 0.4) is 0 Å². The number of benzene rings is 12. The van der Waals surface area contributed by atoms with Gasteiger partial charge in [-0.2, -0.15) is 0 Å². The van der Waals surface area contributed by atoms with Gasteiger partial charge in [0.2, 0.25) is 0 Å². The summed E-state index contributed by atoms with van der Waals surface area (Å²) in [6.07, 6.45) is 1.99. The van der Waals surface area contributed by atoms with E-state index in [1.165, 1.54) is 54.9 Å². The summed E-state index contributed by atoms with van der Waals surface area (Å²) in [7, 11) is 0. The van der Waals surface area contributed by atoms with Crippen LogP contribution >= 0.6 is 0 Å². The second kappa shape index (κ2) is 18.3. The highest BCUT2D eigenvalue weighted by molar-refractivity contribution is 6.29. The van der Waals surface area contributed by atoms with Crippen LogP contribution in [0, 0.1) is 0 Å². The predicted octanol–water partition coefficient (Wildman–Crippen LogP) is 22.0. The van der Waals surface area contributed by atoms with Crippen molar-refractivity contribution in [2.45, 2.75) is 65.2 Å². The fraction of sp³-hybridized carbons (Fsp3) is 0.135. The lowest BCUT2D eigenvalue weighted by atomic mass is 9.81. The molecule has 0 aliphatic heterocycles. The molecule has 0 radical (unpaired) electrons. The van der Waals surface area contributed by atoms with E-state index in [0.29, 0.717) is 0 Å². The van der Waals surface area contributed by atoms with E-state index in [1.807, 2.05) is 0 Å². The second-order valence-corrected chi connectivity index (χ2v) is 22.4. The van der Waals surface area contributed by atoms with Crippen molar-refractivity contribution in [1.29, 1.82) is 0 Å². The molecule has 2 heterocycles. The Labute approximate surface area is 455 Å². The first-order chi connectivity index (χ1) is 38.1. The van der Waals surface area contributed by atoms with E-state index in [9.17, 15) is 0 Å². The summed E-state index contributed by atoms with van der Waals surface area (Å²) < 4.78 is 14.5. The molecule has 0 bridgehead atoms. The Kier molecular flexibility index (Phi) is 11.1. The molecule has 2 aromatic heterocycles. The highest BCUT2D eigenvalue weighted by Crippen LogP contribution is 2.52. The molecule has 12 aromatic carbocycles. The van der Waals surface area contributed by atoms with Gasteiger partial charge in [0.15, 0.2) is 11.2 Å². The average Bonchev–Trinajstić information content (AvgIpc) is 4.16. The lowest BCUT2D eigenvalue weighted by Crippen LogP contribution is -2.15. The monoisotopic (exact) mass is 1010 g/mol. The molecule has 14 aromatic rings. The van der Waals surface area contributed by atoms with Crippen molar-refractivity contribution in [1.82, 2.24) is 0 Å². The van der Waals surface area contributed by atoms with Gasteiger partial charge in [-0.25, -0.2) is 0 Å². The number of hydrogen-bond donors (Lipinski definition) is 0. The van der Waals surface area contributed by atoms with E-state index < -0.39 is 0 Å². The number of nitrogens with zero attached hydrogens (tertiary/aromatic N) is 2. The van der Waals surface area contributed by atoms with Crippen molar-refractivity contribution < 1.29 is 8.83 Å². The molecule has 4 nitrogen and oxygen atoms in total. The third kappa shape index (κ3) is 7.49. The fourth-order valence-corrected chi connectivity index (χ4v) is 12.3. The third-order valence-electron chi connectivity index (χ3n) is 17.3. The molecule has 0 atom stereocenters. The van der Waals surface area contributed by atoms with Crippen molar-refractivity contribution in [2.75, 3.05) is 9.80 Å². The Morgan fingerprint density at radius 2 is 0.641 bits per heavy atom. The maximum Gasteiger partial charge on any atom is 0.159 e. The Hall–Kier alpha value is -9.12. The van der Waals surface area contributed by atoms with Crippen molar-refractivity contribution in [3.63, 3.8) is 0 Å². The number of anilines is 6. The quantitative estimate of drug-likeness (QED) is 0.114. The third-order valence-corrected chi connectivity index (χ3v) is 17.3. The summed E-state index contributed by atoms with van der Waals surface area (Å²) in [6, 6.07) is 84.3. The minimum absolute atomic E-state index is 0.0689. The summed E-state index contributed by atoms with van der Waals surface area (Å²) in [6.45, 7) is 13.8. The van der Waals surface area contributed by atoms with Gasteiger partial charge in [-0.3, -0.25) is 0 Å². The van der Waals surface area contributed by atoms with Crippen molar-refractivity contribution in [2.24, 2.45) is 0 Å². The normalized spacial score (nSPS) is 12.3. The van der Waals surface area contributed by atoms with Gasteiger partial charge in [0, 0.05) is 54.8 Å². The number of hydrogen-bond acceptors (Lipinski definition) is 4. The smallest absolute Gasteiger partial charge is 0.159 e. The van der Waals surface area contributed by atoms with Gasteiger partial charge in [-0.05, 0) is 116 Å². The van der Waals surface area contributed by atoms with Crippen LogP contribution in [0.2, 0.25) is 0 Å². The molecule has 0 spiro atoms. The lowest BCUT2D eigenvalue weighted by Gasteiger charge is -2.29. The van der Waals surface area contributed by atoms with Gasteiger partial charge in [0.05, 0.1) is 22.7 Å². The largest absolute Gasteiger partial charge is 0.454 e. The van der Waals surface area contributed by atoms with Crippen LogP contribution in [-0.2, 0) is 10.8 Å². The molecule has 4 heteroatoms. The molecule has 14 rings (SSSR count). The fourth-order valence-electron chi connectivity index (χ4n) is 12.3. The van der Waals surface area contributed by atoms with E-state index >= 15 is 0 Å². The molecule has 0 saturated heterocycles. The predicted molar refractivity (Wildman–Crippen MR) is 332 cm³/mol. The zero-order chi connectivity index (χ0) is 52.9. The van der Waals surface area contributed by atoms with Crippen LogP contribution in [0.25, 0.3) is 98.4 Å².